The number of phenols is 1. The van der Waals surface area contributed by atoms with E-state index < -0.39 is 5.82 Å². The average molecular weight is 146 g/mol. The van der Waals surface area contributed by atoms with E-state index in [2.05, 4.69) is 6.07 Å². The van der Waals surface area contributed by atoms with Crippen LogP contribution in [0.2, 0.25) is 5.02 Å². The van der Waals surface area contributed by atoms with Crippen LogP contribution in [0.3, 0.4) is 0 Å². The third-order valence-electron chi connectivity index (χ3n) is 0.867. The number of hydrogen-bond donors (Lipinski definition) is 1. The van der Waals surface area contributed by atoms with Gasteiger partial charge in [0.25, 0.3) is 0 Å². The number of hydrogen-bond acceptors (Lipinski definition) is 1. The van der Waals surface area contributed by atoms with Gasteiger partial charge in [-0.3, -0.25) is 0 Å². The zero-order chi connectivity index (χ0) is 6.85. The van der Waals surface area contributed by atoms with Crippen LogP contribution in [-0.2, 0) is 0 Å². The summed E-state index contributed by atoms with van der Waals surface area (Å²) >= 11 is 5.22. The first-order valence-corrected chi connectivity index (χ1v) is 2.64. The van der Waals surface area contributed by atoms with E-state index in [9.17, 15) is 4.39 Å². The number of rotatable bonds is 0. The molecule has 0 saturated heterocycles. The fraction of sp³-hybridized carbons (Fsp3) is 0. The zero-order valence-corrected chi connectivity index (χ0v) is 5.11. The van der Waals surface area contributed by atoms with Crippen molar-refractivity contribution in [1.29, 1.82) is 0 Å². The van der Waals surface area contributed by atoms with Gasteiger partial charge in [-0.25, -0.2) is 4.39 Å². The first-order chi connectivity index (χ1) is 4.22. The van der Waals surface area contributed by atoms with E-state index in [1.54, 1.807) is 0 Å². The Hall–Kier alpha value is -0.760. The van der Waals surface area contributed by atoms with Crippen LogP contribution in [0.15, 0.2) is 12.1 Å². The summed E-state index contributed by atoms with van der Waals surface area (Å²) in [5.41, 5.74) is 0. The van der Waals surface area contributed by atoms with Crippen LogP contribution >= 0.6 is 11.6 Å². The Morgan fingerprint density at radius 1 is 1.67 bits per heavy atom. The van der Waals surface area contributed by atoms with Gasteiger partial charge < -0.3 is 5.11 Å². The van der Waals surface area contributed by atoms with Crippen LogP contribution in [-0.4, -0.2) is 5.11 Å². The first-order valence-electron chi connectivity index (χ1n) is 2.26. The van der Waals surface area contributed by atoms with E-state index in [4.69, 9.17) is 16.7 Å². The van der Waals surface area contributed by atoms with E-state index in [0.29, 0.717) is 0 Å². The third-order valence-corrected chi connectivity index (χ3v) is 1.23. The van der Waals surface area contributed by atoms with Gasteiger partial charge in [0.2, 0.25) is 0 Å². The molecule has 0 aliphatic rings. The van der Waals surface area contributed by atoms with Crippen LogP contribution < -0.4 is 0 Å². The van der Waals surface area contributed by atoms with Crippen molar-refractivity contribution in [2.24, 2.45) is 0 Å². The fourth-order valence-corrected chi connectivity index (χ4v) is 0.561. The summed E-state index contributed by atoms with van der Waals surface area (Å²) in [4.78, 5) is 0. The Bertz CT molecular complexity index is 204. The Morgan fingerprint density at radius 3 is 2.78 bits per heavy atom. The van der Waals surface area contributed by atoms with Crippen molar-refractivity contribution in [2.75, 3.05) is 0 Å². The molecule has 0 unspecified atom stereocenters. The molecule has 0 bridgehead atoms. The summed E-state index contributed by atoms with van der Waals surface area (Å²) in [6.45, 7) is 0. The van der Waals surface area contributed by atoms with Crippen molar-refractivity contribution in [2.45, 2.75) is 0 Å². The van der Waals surface area contributed by atoms with Gasteiger partial charge in [0, 0.05) is 6.07 Å². The summed E-state index contributed by atoms with van der Waals surface area (Å²) in [7, 11) is 0. The molecule has 0 atom stereocenters. The lowest BCUT2D eigenvalue weighted by atomic mass is 10.3. The monoisotopic (exact) mass is 145 g/mol. The molecule has 47 valence electrons. The minimum absolute atomic E-state index is 0.280. The van der Waals surface area contributed by atoms with E-state index in [-0.39, 0.29) is 10.8 Å². The maximum atomic E-state index is 12.3. The van der Waals surface area contributed by atoms with Crippen molar-refractivity contribution >= 4 is 11.6 Å². The van der Waals surface area contributed by atoms with Crippen molar-refractivity contribution in [3.05, 3.63) is 29.0 Å². The van der Waals surface area contributed by atoms with Gasteiger partial charge in [-0.1, -0.05) is 11.6 Å². The van der Waals surface area contributed by atoms with Gasteiger partial charge in [-0.15, -0.1) is 0 Å². The molecule has 1 N–H and O–H groups in total. The highest BCUT2D eigenvalue weighted by molar-refractivity contribution is 6.32. The van der Waals surface area contributed by atoms with Crippen LogP contribution in [0.5, 0.6) is 5.75 Å². The Balaban J connectivity index is 3.25. The average Bonchev–Trinajstić information content (AvgIpc) is 1.83. The SMILES string of the molecule is Oc1[c]ccc(F)c1Cl. The molecule has 0 heterocycles. The minimum atomic E-state index is -0.632. The van der Waals surface area contributed by atoms with E-state index in [1.165, 1.54) is 6.07 Å². The molecule has 0 amide bonds. The fourth-order valence-electron chi connectivity index (χ4n) is 0.443. The number of phenolic OH excluding ortho intramolecular Hbond substituents is 1. The molecule has 0 aliphatic carbocycles. The molecule has 0 aromatic heterocycles. The molecule has 0 fully saturated rings. The molecular weight excluding hydrogens is 143 g/mol. The summed E-state index contributed by atoms with van der Waals surface area (Å²) in [5, 5.41) is 8.39. The van der Waals surface area contributed by atoms with Gasteiger partial charge in [0.15, 0.2) is 0 Å². The van der Waals surface area contributed by atoms with Crippen molar-refractivity contribution in [3.8, 4) is 5.75 Å². The smallest absolute Gasteiger partial charge is 0.145 e. The second kappa shape index (κ2) is 2.23. The van der Waals surface area contributed by atoms with Crippen molar-refractivity contribution < 1.29 is 9.50 Å². The molecule has 1 radical (unpaired) electrons. The zero-order valence-electron chi connectivity index (χ0n) is 4.36. The molecule has 1 aromatic carbocycles. The lowest BCUT2D eigenvalue weighted by Crippen LogP contribution is -1.74. The molecule has 1 nitrogen and oxygen atoms in total. The van der Waals surface area contributed by atoms with Gasteiger partial charge >= 0.3 is 0 Å². The second-order valence-electron chi connectivity index (χ2n) is 1.49. The molecule has 1 rings (SSSR count). The number of aromatic hydroxyl groups is 1. The molecule has 1 aromatic rings. The lowest BCUT2D eigenvalue weighted by Gasteiger charge is -1.93. The summed E-state index contributed by atoms with van der Waals surface area (Å²) in [6, 6.07) is 4.71. The quantitative estimate of drug-likeness (QED) is 0.592. The maximum absolute atomic E-state index is 12.3. The molecular formula is C6H3ClFO. The van der Waals surface area contributed by atoms with Crippen LogP contribution in [0, 0.1) is 11.9 Å². The van der Waals surface area contributed by atoms with Crippen LogP contribution in [0.4, 0.5) is 4.39 Å². The van der Waals surface area contributed by atoms with Gasteiger partial charge in [-0.2, -0.15) is 0 Å². The van der Waals surface area contributed by atoms with E-state index in [0.717, 1.165) is 6.07 Å². The maximum Gasteiger partial charge on any atom is 0.145 e. The first kappa shape index (κ1) is 6.36. The van der Waals surface area contributed by atoms with Gasteiger partial charge in [0.1, 0.15) is 16.6 Å². The van der Waals surface area contributed by atoms with E-state index in [1.807, 2.05) is 0 Å². The molecule has 9 heavy (non-hydrogen) atoms. The van der Waals surface area contributed by atoms with E-state index >= 15 is 0 Å². The van der Waals surface area contributed by atoms with Crippen molar-refractivity contribution in [1.82, 2.24) is 0 Å². The third kappa shape index (κ3) is 1.13. The second-order valence-corrected chi connectivity index (χ2v) is 1.87. The molecule has 0 saturated carbocycles. The Labute approximate surface area is 56.7 Å². The molecule has 0 aliphatic heterocycles. The highest BCUT2D eigenvalue weighted by atomic mass is 35.5. The summed E-state index contributed by atoms with van der Waals surface area (Å²) in [5.74, 6) is -0.982. The predicted octanol–water partition coefficient (Wildman–Crippen LogP) is 1.98. The van der Waals surface area contributed by atoms with Crippen LogP contribution in [0.25, 0.3) is 0 Å². The topological polar surface area (TPSA) is 20.2 Å². The highest BCUT2D eigenvalue weighted by Gasteiger charge is 2.01. The normalized spacial score (nSPS) is 9.56. The standard InChI is InChI=1S/C6H3ClFO/c7-6-4(8)2-1-3-5(6)9/h1-2,9H. The summed E-state index contributed by atoms with van der Waals surface area (Å²) in [6.07, 6.45) is 0. The Kier molecular flexibility index (Phi) is 1.58. The molecule has 0 spiro atoms. The minimum Gasteiger partial charge on any atom is -0.506 e. The lowest BCUT2D eigenvalue weighted by molar-refractivity contribution is 0.468. The van der Waals surface area contributed by atoms with Gasteiger partial charge in [0.05, 0.1) is 0 Å². The molecule has 3 heteroatoms. The number of benzene rings is 1. The van der Waals surface area contributed by atoms with Gasteiger partial charge in [-0.05, 0) is 12.1 Å². The van der Waals surface area contributed by atoms with Crippen LogP contribution in [0.1, 0.15) is 0 Å². The largest absolute Gasteiger partial charge is 0.506 e. The number of halogens is 2. The summed E-state index contributed by atoms with van der Waals surface area (Å²) < 4.78 is 12.3. The Morgan fingerprint density at radius 2 is 2.33 bits per heavy atom. The predicted molar refractivity (Wildman–Crippen MR) is 31.9 cm³/mol. The highest BCUT2D eigenvalue weighted by Crippen LogP contribution is 2.23. The van der Waals surface area contributed by atoms with Crippen molar-refractivity contribution in [3.63, 3.8) is 0 Å².